The van der Waals surface area contributed by atoms with Gasteiger partial charge in [-0.1, -0.05) is 19.9 Å². The number of aliphatic hydroxyl groups is 1. The van der Waals surface area contributed by atoms with Crippen LogP contribution in [0.2, 0.25) is 0 Å². The molecular weight excluding hydrogens is 332 g/mol. The Morgan fingerprint density at radius 2 is 2.08 bits per heavy atom. The van der Waals surface area contributed by atoms with E-state index in [2.05, 4.69) is 10.3 Å². The zero-order valence-corrected chi connectivity index (χ0v) is 15.1. The van der Waals surface area contributed by atoms with Gasteiger partial charge in [-0.05, 0) is 36.4 Å². The topological polar surface area (TPSA) is 84.6 Å². The Morgan fingerprint density at radius 3 is 2.81 bits per heavy atom. The Kier molecular flexibility index (Phi) is 4.95. The Morgan fingerprint density at radius 1 is 1.27 bits per heavy atom. The van der Waals surface area contributed by atoms with Crippen molar-refractivity contribution in [3.05, 3.63) is 48.0 Å². The summed E-state index contributed by atoms with van der Waals surface area (Å²) in [6, 6.07) is 12.6. The van der Waals surface area contributed by atoms with Crippen LogP contribution in [0, 0.1) is 5.41 Å². The normalized spacial score (nSPS) is 11.5. The molecule has 0 saturated carbocycles. The molecular formula is C20H22N2O4. The molecule has 0 aliphatic carbocycles. The van der Waals surface area contributed by atoms with Crippen LogP contribution in [-0.4, -0.2) is 36.3 Å². The van der Waals surface area contributed by atoms with Gasteiger partial charge in [0.1, 0.15) is 11.3 Å². The summed E-state index contributed by atoms with van der Waals surface area (Å²) in [6.07, 6.45) is 0. The predicted octanol–water partition coefficient (Wildman–Crippen LogP) is 3.25. The lowest BCUT2D eigenvalue weighted by Gasteiger charge is -2.21. The second kappa shape index (κ2) is 7.17. The summed E-state index contributed by atoms with van der Waals surface area (Å²) in [5.74, 6) is 0.974. The van der Waals surface area contributed by atoms with Crippen LogP contribution in [-0.2, 0) is 0 Å². The molecule has 0 spiro atoms. The van der Waals surface area contributed by atoms with Crippen LogP contribution in [0.15, 0.2) is 46.9 Å². The van der Waals surface area contributed by atoms with E-state index in [9.17, 15) is 9.90 Å². The quantitative estimate of drug-likeness (QED) is 0.710. The first-order valence-corrected chi connectivity index (χ1v) is 8.36. The smallest absolute Gasteiger partial charge is 0.251 e. The second-order valence-corrected chi connectivity index (χ2v) is 6.94. The van der Waals surface area contributed by atoms with Crippen LogP contribution in [0.4, 0.5) is 0 Å². The van der Waals surface area contributed by atoms with Crippen LogP contribution in [0.25, 0.3) is 22.6 Å². The van der Waals surface area contributed by atoms with Crippen molar-refractivity contribution >= 4 is 17.0 Å². The van der Waals surface area contributed by atoms with Crippen molar-refractivity contribution in [1.29, 1.82) is 0 Å². The van der Waals surface area contributed by atoms with E-state index in [0.29, 0.717) is 29.1 Å². The van der Waals surface area contributed by atoms with E-state index >= 15 is 0 Å². The van der Waals surface area contributed by atoms with Crippen molar-refractivity contribution in [2.45, 2.75) is 13.8 Å². The van der Waals surface area contributed by atoms with Gasteiger partial charge in [0.05, 0.1) is 7.11 Å². The van der Waals surface area contributed by atoms with E-state index in [1.54, 1.807) is 25.3 Å². The highest BCUT2D eigenvalue weighted by atomic mass is 16.5. The molecule has 1 amide bonds. The molecule has 136 valence electrons. The summed E-state index contributed by atoms with van der Waals surface area (Å²) in [5, 5.41) is 12.1. The van der Waals surface area contributed by atoms with Gasteiger partial charge in [-0.3, -0.25) is 4.79 Å². The highest BCUT2D eigenvalue weighted by Crippen LogP contribution is 2.27. The van der Waals surface area contributed by atoms with E-state index < -0.39 is 0 Å². The van der Waals surface area contributed by atoms with Crippen LogP contribution in [0.5, 0.6) is 5.75 Å². The molecule has 0 aliphatic rings. The van der Waals surface area contributed by atoms with Gasteiger partial charge in [-0.2, -0.15) is 0 Å². The maximum absolute atomic E-state index is 12.3. The van der Waals surface area contributed by atoms with Crippen LogP contribution in [0.1, 0.15) is 24.2 Å². The van der Waals surface area contributed by atoms with Crippen LogP contribution >= 0.6 is 0 Å². The summed E-state index contributed by atoms with van der Waals surface area (Å²) >= 11 is 0. The number of oxazole rings is 1. The third-order valence-electron chi connectivity index (χ3n) is 4.12. The molecule has 0 saturated heterocycles. The van der Waals surface area contributed by atoms with E-state index in [1.807, 2.05) is 38.1 Å². The average Bonchev–Trinajstić information content (AvgIpc) is 3.09. The van der Waals surface area contributed by atoms with Gasteiger partial charge < -0.3 is 19.6 Å². The molecule has 0 radical (unpaired) electrons. The summed E-state index contributed by atoms with van der Waals surface area (Å²) in [6.45, 7) is 4.14. The van der Waals surface area contributed by atoms with E-state index in [0.717, 1.165) is 11.3 Å². The van der Waals surface area contributed by atoms with Crippen molar-refractivity contribution in [2.24, 2.45) is 5.41 Å². The standard InChI is InChI=1S/C20H22N2O4/c1-20(2,12-23)11-21-18(24)13-7-8-16-17(10-13)26-19(22-16)14-5-4-6-15(9-14)25-3/h4-10,23H,11-12H2,1-3H3,(H,21,24). The molecule has 6 heteroatoms. The molecule has 0 unspecified atom stereocenters. The van der Waals surface area contributed by atoms with Gasteiger partial charge >= 0.3 is 0 Å². The number of ether oxygens (including phenoxy) is 1. The molecule has 3 rings (SSSR count). The first-order chi connectivity index (χ1) is 12.4. The van der Waals surface area contributed by atoms with Gasteiger partial charge in [0.15, 0.2) is 5.58 Å². The third-order valence-corrected chi connectivity index (χ3v) is 4.12. The lowest BCUT2D eigenvalue weighted by molar-refractivity contribution is 0.0911. The maximum Gasteiger partial charge on any atom is 0.251 e. The van der Waals surface area contributed by atoms with E-state index in [1.165, 1.54) is 0 Å². The molecule has 3 aromatic rings. The predicted molar refractivity (Wildman–Crippen MR) is 99.2 cm³/mol. The minimum absolute atomic E-state index is 0.00167. The number of nitrogens with one attached hydrogen (secondary N) is 1. The average molecular weight is 354 g/mol. The minimum Gasteiger partial charge on any atom is -0.497 e. The molecule has 0 fully saturated rings. The molecule has 1 heterocycles. The number of fused-ring (bicyclic) bond motifs is 1. The highest BCUT2D eigenvalue weighted by molar-refractivity contribution is 5.97. The fraction of sp³-hybridized carbons (Fsp3) is 0.300. The molecule has 0 bridgehead atoms. The maximum atomic E-state index is 12.3. The number of benzene rings is 2. The molecule has 2 aromatic carbocycles. The van der Waals surface area contributed by atoms with Crippen molar-refractivity contribution in [3.8, 4) is 17.2 Å². The van der Waals surface area contributed by atoms with Gasteiger partial charge in [0.2, 0.25) is 5.89 Å². The van der Waals surface area contributed by atoms with Gasteiger partial charge in [0, 0.05) is 29.7 Å². The second-order valence-electron chi connectivity index (χ2n) is 6.94. The monoisotopic (exact) mass is 354 g/mol. The fourth-order valence-corrected chi connectivity index (χ4v) is 2.42. The first-order valence-electron chi connectivity index (χ1n) is 8.36. The Bertz CT molecular complexity index is 930. The number of nitrogens with zero attached hydrogens (tertiary/aromatic N) is 1. The number of rotatable bonds is 6. The van der Waals surface area contributed by atoms with Crippen molar-refractivity contribution in [1.82, 2.24) is 10.3 Å². The SMILES string of the molecule is COc1cccc(-c2nc3ccc(C(=O)NCC(C)(C)CO)cc3o2)c1. The Hall–Kier alpha value is -2.86. The van der Waals surface area contributed by atoms with Crippen molar-refractivity contribution in [3.63, 3.8) is 0 Å². The number of aromatic nitrogens is 1. The third kappa shape index (κ3) is 3.86. The fourth-order valence-electron chi connectivity index (χ4n) is 2.42. The number of methoxy groups -OCH3 is 1. The number of carbonyl (C=O) groups excluding carboxylic acids is 1. The zero-order chi connectivity index (χ0) is 18.7. The Labute approximate surface area is 151 Å². The lowest BCUT2D eigenvalue weighted by atomic mass is 9.95. The number of amides is 1. The molecule has 6 nitrogen and oxygen atoms in total. The summed E-state index contributed by atoms with van der Waals surface area (Å²) in [5.41, 5.74) is 2.13. The molecule has 2 N–H and O–H groups in total. The largest absolute Gasteiger partial charge is 0.497 e. The highest BCUT2D eigenvalue weighted by Gasteiger charge is 2.18. The van der Waals surface area contributed by atoms with Crippen molar-refractivity contribution < 1.29 is 19.1 Å². The summed E-state index contributed by atoms with van der Waals surface area (Å²) in [7, 11) is 1.61. The number of aliphatic hydroxyl groups excluding tert-OH is 1. The van der Waals surface area contributed by atoms with Gasteiger partial charge in [0.25, 0.3) is 5.91 Å². The number of carbonyl (C=O) groups is 1. The van der Waals surface area contributed by atoms with Gasteiger partial charge in [-0.15, -0.1) is 0 Å². The first kappa shape index (κ1) is 17.9. The zero-order valence-electron chi connectivity index (χ0n) is 15.1. The van der Waals surface area contributed by atoms with Crippen LogP contribution < -0.4 is 10.1 Å². The number of hydrogen-bond donors (Lipinski definition) is 2. The molecule has 26 heavy (non-hydrogen) atoms. The summed E-state index contributed by atoms with van der Waals surface area (Å²) < 4.78 is 11.0. The molecule has 1 aromatic heterocycles. The lowest BCUT2D eigenvalue weighted by Crippen LogP contribution is -2.36. The van der Waals surface area contributed by atoms with Crippen LogP contribution in [0.3, 0.4) is 0 Å². The Balaban J connectivity index is 1.84. The van der Waals surface area contributed by atoms with Gasteiger partial charge in [-0.25, -0.2) is 4.98 Å². The molecule has 0 aliphatic heterocycles. The number of hydrogen-bond acceptors (Lipinski definition) is 5. The van der Waals surface area contributed by atoms with E-state index in [4.69, 9.17) is 9.15 Å². The summed E-state index contributed by atoms with van der Waals surface area (Å²) in [4.78, 5) is 16.8. The molecule has 0 atom stereocenters. The minimum atomic E-state index is -0.370. The van der Waals surface area contributed by atoms with Crippen molar-refractivity contribution in [2.75, 3.05) is 20.3 Å². The van der Waals surface area contributed by atoms with E-state index in [-0.39, 0.29) is 17.9 Å².